The summed E-state index contributed by atoms with van der Waals surface area (Å²) in [6.07, 6.45) is 1.41. The van der Waals surface area contributed by atoms with Crippen molar-refractivity contribution in [3.8, 4) is 5.75 Å². The number of amides is 2. The van der Waals surface area contributed by atoms with Crippen molar-refractivity contribution in [2.45, 2.75) is 51.7 Å². The van der Waals surface area contributed by atoms with Crippen LogP contribution in [0.25, 0.3) is 0 Å². The van der Waals surface area contributed by atoms with E-state index in [0.717, 1.165) is 28.9 Å². The van der Waals surface area contributed by atoms with Gasteiger partial charge >= 0.3 is 0 Å². The quantitative estimate of drug-likeness (QED) is 0.387. The van der Waals surface area contributed by atoms with Crippen LogP contribution < -0.4 is 10.1 Å². The first kappa shape index (κ1) is 26.3. The molecule has 0 aliphatic carbocycles. The molecule has 0 aromatic heterocycles. The van der Waals surface area contributed by atoms with Crippen LogP contribution in [-0.4, -0.2) is 35.9 Å². The fourth-order valence-corrected chi connectivity index (χ4v) is 3.93. The molecule has 0 saturated carbocycles. The van der Waals surface area contributed by atoms with E-state index in [1.807, 2.05) is 80.6 Å². The van der Waals surface area contributed by atoms with Gasteiger partial charge in [-0.25, -0.2) is 0 Å². The average molecular weight is 493 g/mol. The molecule has 0 aliphatic rings. The van der Waals surface area contributed by atoms with Gasteiger partial charge in [-0.15, -0.1) is 0 Å². The summed E-state index contributed by atoms with van der Waals surface area (Å²) in [7, 11) is 1.61. The van der Waals surface area contributed by atoms with E-state index >= 15 is 0 Å². The first-order valence-electron chi connectivity index (χ1n) is 11.9. The van der Waals surface area contributed by atoms with E-state index in [2.05, 4.69) is 5.32 Å². The summed E-state index contributed by atoms with van der Waals surface area (Å²) in [5, 5.41) is 3.71. The molecule has 0 fully saturated rings. The molecule has 35 heavy (non-hydrogen) atoms. The molecule has 0 spiro atoms. The van der Waals surface area contributed by atoms with Gasteiger partial charge in [0.15, 0.2) is 0 Å². The van der Waals surface area contributed by atoms with Gasteiger partial charge in [0.25, 0.3) is 0 Å². The maximum atomic E-state index is 13.7. The Morgan fingerprint density at radius 3 is 2.14 bits per heavy atom. The van der Waals surface area contributed by atoms with E-state index in [1.165, 1.54) is 0 Å². The molecule has 0 radical (unpaired) electrons. The van der Waals surface area contributed by atoms with Gasteiger partial charge in [0.2, 0.25) is 11.8 Å². The van der Waals surface area contributed by atoms with Crippen LogP contribution in [-0.2, 0) is 29.0 Å². The van der Waals surface area contributed by atoms with Gasteiger partial charge in [-0.3, -0.25) is 9.59 Å². The van der Waals surface area contributed by atoms with E-state index in [-0.39, 0.29) is 24.3 Å². The lowest BCUT2D eigenvalue weighted by atomic mass is 10.0. The van der Waals surface area contributed by atoms with Crippen molar-refractivity contribution >= 4 is 23.4 Å². The second kappa shape index (κ2) is 13.0. The number of carbonyl (C=O) groups is 2. The molecule has 3 aromatic rings. The molecule has 0 saturated heterocycles. The number of ether oxygens (including phenoxy) is 1. The van der Waals surface area contributed by atoms with Crippen LogP contribution in [0.1, 0.15) is 37.0 Å². The van der Waals surface area contributed by atoms with Crippen LogP contribution in [0.15, 0.2) is 78.9 Å². The maximum Gasteiger partial charge on any atom is 0.243 e. The molecule has 0 bridgehead atoms. The zero-order valence-electron chi connectivity index (χ0n) is 20.5. The molecule has 184 valence electrons. The highest BCUT2D eigenvalue weighted by Gasteiger charge is 2.31. The molecule has 3 aromatic carbocycles. The van der Waals surface area contributed by atoms with Gasteiger partial charge in [-0.2, -0.15) is 0 Å². The second-order valence-electron chi connectivity index (χ2n) is 8.70. The Morgan fingerprint density at radius 1 is 0.914 bits per heavy atom. The fourth-order valence-electron chi connectivity index (χ4n) is 3.80. The normalized spacial score (nSPS) is 12.5. The lowest BCUT2D eigenvalue weighted by Crippen LogP contribution is -2.52. The van der Waals surface area contributed by atoms with Crippen molar-refractivity contribution in [2.24, 2.45) is 0 Å². The zero-order chi connectivity index (χ0) is 25.2. The first-order chi connectivity index (χ1) is 16.9. The van der Waals surface area contributed by atoms with E-state index in [9.17, 15) is 9.59 Å². The molecule has 5 nitrogen and oxygen atoms in total. The van der Waals surface area contributed by atoms with Crippen LogP contribution in [0.5, 0.6) is 5.75 Å². The number of nitrogens with zero attached hydrogens (tertiary/aromatic N) is 1. The summed E-state index contributed by atoms with van der Waals surface area (Å²) in [6, 6.07) is 24.0. The van der Waals surface area contributed by atoms with Crippen LogP contribution in [0.2, 0.25) is 5.02 Å². The van der Waals surface area contributed by atoms with Crippen molar-refractivity contribution in [3.05, 3.63) is 101 Å². The van der Waals surface area contributed by atoms with Crippen molar-refractivity contribution < 1.29 is 14.3 Å². The topological polar surface area (TPSA) is 58.6 Å². The fraction of sp³-hybridized carbons (Fsp3) is 0.310. The van der Waals surface area contributed by atoms with E-state index in [4.69, 9.17) is 16.3 Å². The van der Waals surface area contributed by atoms with Crippen LogP contribution >= 0.6 is 11.6 Å². The van der Waals surface area contributed by atoms with Gasteiger partial charge in [0.1, 0.15) is 11.8 Å². The highest BCUT2D eigenvalue weighted by Crippen LogP contribution is 2.19. The van der Waals surface area contributed by atoms with Crippen LogP contribution in [0.3, 0.4) is 0 Å². The van der Waals surface area contributed by atoms with Crippen molar-refractivity contribution in [1.82, 2.24) is 10.2 Å². The molecular weight excluding hydrogens is 460 g/mol. The third kappa shape index (κ3) is 7.86. The molecule has 6 heteroatoms. The number of carbonyl (C=O) groups excluding carboxylic acids is 2. The Hall–Kier alpha value is -3.31. The van der Waals surface area contributed by atoms with Crippen molar-refractivity contribution in [3.63, 3.8) is 0 Å². The highest BCUT2D eigenvalue weighted by atomic mass is 35.5. The van der Waals surface area contributed by atoms with Gasteiger partial charge in [0.05, 0.1) is 13.5 Å². The van der Waals surface area contributed by atoms with Crippen molar-refractivity contribution in [2.75, 3.05) is 7.11 Å². The number of rotatable bonds is 11. The third-order valence-corrected chi connectivity index (χ3v) is 6.30. The Kier molecular flexibility index (Phi) is 9.74. The third-order valence-electron chi connectivity index (χ3n) is 6.05. The molecule has 0 unspecified atom stereocenters. The highest BCUT2D eigenvalue weighted by molar-refractivity contribution is 6.30. The summed E-state index contributed by atoms with van der Waals surface area (Å²) in [5.74, 6) is 0.458. The van der Waals surface area contributed by atoms with E-state index in [1.54, 1.807) is 24.1 Å². The summed E-state index contributed by atoms with van der Waals surface area (Å²) >= 11 is 6.08. The maximum absolute atomic E-state index is 13.7. The Morgan fingerprint density at radius 2 is 1.54 bits per heavy atom. The predicted octanol–water partition coefficient (Wildman–Crippen LogP) is 5.45. The predicted molar refractivity (Wildman–Crippen MR) is 141 cm³/mol. The number of halogens is 1. The number of benzene rings is 3. The second-order valence-corrected chi connectivity index (χ2v) is 9.13. The lowest BCUT2D eigenvalue weighted by molar-refractivity contribution is -0.141. The summed E-state index contributed by atoms with van der Waals surface area (Å²) < 4.78 is 5.23. The standard InChI is InChI=1S/C29H33ClN2O3/c1-4-21(2)31-29(34)27(18-22-8-6-5-7-9-22)32(20-24-10-14-25(30)15-11-24)28(33)19-23-12-16-26(35-3)17-13-23/h5-17,21,27H,4,18-20H2,1-3H3,(H,31,34)/t21-,27+/m1/s1. The minimum Gasteiger partial charge on any atom is -0.497 e. The molecule has 2 atom stereocenters. The first-order valence-corrected chi connectivity index (χ1v) is 12.3. The summed E-state index contributed by atoms with van der Waals surface area (Å²) in [4.78, 5) is 28.9. The number of hydrogen-bond donors (Lipinski definition) is 1. The van der Waals surface area contributed by atoms with Crippen molar-refractivity contribution in [1.29, 1.82) is 0 Å². The molecular formula is C29H33ClN2O3. The summed E-state index contributed by atoms with van der Waals surface area (Å²) in [6.45, 7) is 4.30. The van der Waals surface area contributed by atoms with Gasteiger partial charge in [-0.05, 0) is 54.3 Å². The smallest absolute Gasteiger partial charge is 0.243 e. The molecule has 3 rings (SSSR count). The Labute approximate surface area is 213 Å². The molecule has 0 aliphatic heterocycles. The average Bonchev–Trinajstić information content (AvgIpc) is 2.88. The number of nitrogens with one attached hydrogen (secondary N) is 1. The van der Waals surface area contributed by atoms with E-state index < -0.39 is 6.04 Å². The monoisotopic (exact) mass is 492 g/mol. The minimum atomic E-state index is -0.659. The molecule has 2 amide bonds. The van der Waals surface area contributed by atoms with E-state index in [0.29, 0.717) is 18.0 Å². The SMILES string of the molecule is CC[C@@H](C)NC(=O)[C@H](Cc1ccccc1)N(Cc1ccc(Cl)cc1)C(=O)Cc1ccc(OC)cc1. The van der Waals surface area contributed by atoms with Crippen LogP contribution in [0.4, 0.5) is 0 Å². The zero-order valence-corrected chi connectivity index (χ0v) is 21.3. The summed E-state index contributed by atoms with van der Waals surface area (Å²) in [5.41, 5.74) is 2.76. The van der Waals surface area contributed by atoms with Gasteiger partial charge in [-0.1, -0.05) is 73.1 Å². The van der Waals surface area contributed by atoms with Crippen LogP contribution in [0, 0.1) is 0 Å². The Balaban J connectivity index is 1.94. The number of methoxy groups -OCH3 is 1. The Bertz CT molecular complexity index is 1090. The molecule has 0 heterocycles. The molecule has 1 N–H and O–H groups in total. The minimum absolute atomic E-state index is 0.00912. The number of hydrogen-bond acceptors (Lipinski definition) is 3. The van der Waals surface area contributed by atoms with Gasteiger partial charge < -0.3 is 15.0 Å². The van der Waals surface area contributed by atoms with Gasteiger partial charge in [0, 0.05) is 24.0 Å². The largest absolute Gasteiger partial charge is 0.497 e. The lowest BCUT2D eigenvalue weighted by Gasteiger charge is -2.32.